The zero-order valence-electron chi connectivity index (χ0n) is 9.01. The van der Waals surface area contributed by atoms with Crippen molar-refractivity contribution in [2.75, 3.05) is 25.2 Å². The van der Waals surface area contributed by atoms with Gasteiger partial charge in [0.25, 0.3) is 0 Å². The summed E-state index contributed by atoms with van der Waals surface area (Å²) in [5, 5.41) is 8.42. The van der Waals surface area contributed by atoms with Crippen LogP contribution in [0.2, 0.25) is 0 Å². The SMILES string of the molecule is COc1cccc(OCCSCC(=O)O)c1. The summed E-state index contributed by atoms with van der Waals surface area (Å²) in [6.45, 7) is 0.491. The maximum atomic E-state index is 10.2. The van der Waals surface area contributed by atoms with Crippen LogP contribution in [0.4, 0.5) is 0 Å². The summed E-state index contributed by atoms with van der Waals surface area (Å²) in [6.07, 6.45) is 0. The molecule has 0 aliphatic carbocycles. The van der Waals surface area contributed by atoms with Gasteiger partial charge in [0.05, 0.1) is 19.5 Å². The van der Waals surface area contributed by atoms with Gasteiger partial charge in [0, 0.05) is 11.8 Å². The van der Waals surface area contributed by atoms with Gasteiger partial charge in [0.2, 0.25) is 0 Å². The van der Waals surface area contributed by atoms with Crippen LogP contribution >= 0.6 is 11.8 Å². The predicted molar refractivity (Wildman–Crippen MR) is 63.4 cm³/mol. The van der Waals surface area contributed by atoms with E-state index in [1.807, 2.05) is 18.2 Å². The summed E-state index contributed by atoms with van der Waals surface area (Å²) in [5.74, 6) is 1.45. The summed E-state index contributed by atoms with van der Waals surface area (Å²) in [7, 11) is 1.60. The fraction of sp³-hybridized carbons (Fsp3) is 0.364. The minimum Gasteiger partial charge on any atom is -0.497 e. The maximum absolute atomic E-state index is 10.2. The minimum absolute atomic E-state index is 0.113. The topological polar surface area (TPSA) is 55.8 Å². The molecule has 4 nitrogen and oxygen atoms in total. The smallest absolute Gasteiger partial charge is 0.313 e. The molecule has 16 heavy (non-hydrogen) atoms. The Balaban J connectivity index is 2.23. The molecule has 1 aromatic rings. The van der Waals surface area contributed by atoms with E-state index in [1.54, 1.807) is 13.2 Å². The monoisotopic (exact) mass is 242 g/mol. The van der Waals surface area contributed by atoms with E-state index in [4.69, 9.17) is 14.6 Å². The van der Waals surface area contributed by atoms with E-state index < -0.39 is 5.97 Å². The summed E-state index contributed by atoms with van der Waals surface area (Å²) in [5.41, 5.74) is 0. The third-order valence-electron chi connectivity index (χ3n) is 1.76. The lowest BCUT2D eigenvalue weighted by molar-refractivity contribution is -0.133. The van der Waals surface area contributed by atoms with E-state index in [9.17, 15) is 4.79 Å². The molecule has 0 saturated heterocycles. The molecule has 0 bridgehead atoms. The molecular formula is C11H14O4S. The predicted octanol–water partition coefficient (Wildman–Crippen LogP) is 1.89. The van der Waals surface area contributed by atoms with Crippen LogP contribution in [0.1, 0.15) is 0 Å². The highest BCUT2D eigenvalue weighted by Gasteiger charge is 1.98. The number of carboxylic acid groups (broad SMARTS) is 1. The molecule has 0 aromatic heterocycles. The Kier molecular flexibility index (Phi) is 5.56. The largest absolute Gasteiger partial charge is 0.497 e. The van der Waals surface area contributed by atoms with Crippen LogP contribution in [-0.2, 0) is 4.79 Å². The lowest BCUT2D eigenvalue weighted by atomic mass is 10.3. The molecule has 1 rings (SSSR count). The molecule has 0 saturated carbocycles. The van der Waals surface area contributed by atoms with Crippen molar-refractivity contribution in [2.24, 2.45) is 0 Å². The Morgan fingerprint density at radius 3 is 2.88 bits per heavy atom. The molecule has 0 radical (unpaired) electrons. The van der Waals surface area contributed by atoms with Gasteiger partial charge >= 0.3 is 5.97 Å². The van der Waals surface area contributed by atoms with Crippen LogP contribution in [0.25, 0.3) is 0 Å². The molecule has 0 aliphatic heterocycles. The molecule has 1 N–H and O–H groups in total. The number of carboxylic acids is 1. The Hall–Kier alpha value is -1.36. The van der Waals surface area contributed by atoms with Gasteiger partial charge in [-0.05, 0) is 12.1 Å². The van der Waals surface area contributed by atoms with E-state index in [-0.39, 0.29) is 5.75 Å². The zero-order chi connectivity index (χ0) is 11.8. The Morgan fingerprint density at radius 1 is 1.44 bits per heavy atom. The van der Waals surface area contributed by atoms with Crippen LogP contribution in [0.3, 0.4) is 0 Å². The van der Waals surface area contributed by atoms with Gasteiger partial charge in [0.15, 0.2) is 0 Å². The lowest BCUT2D eigenvalue weighted by Gasteiger charge is -2.06. The third-order valence-corrected chi connectivity index (χ3v) is 2.67. The maximum Gasteiger partial charge on any atom is 0.313 e. The lowest BCUT2D eigenvalue weighted by Crippen LogP contribution is -2.04. The van der Waals surface area contributed by atoms with Crippen LogP contribution in [-0.4, -0.2) is 36.3 Å². The zero-order valence-corrected chi connectivity index (χ0v) is 9.83. The second-order valence-electron chi connectivity index (χ2n) is 2.97. The molecule has 1 aromatic carbocycles. The highest BCUT2D eigenvalue weighted by molar-refractivity contribution is 7.99. The number of hydrogen-bond acceptors (Lipinski definition) is 4. The van der Waals surface area contributed by atoms with E-state index in [0.717, 1.165) is 11.5 Å². The van der Waals surface area contributed by atoms with Crippen LogP contribution < -0.4 is 9.47 Å². The summed E-state index contributed by atoms with van der Waals surface area (Å²) >= 11 is 1.33. The van der Waals surface area contributed by atoms with Crippen LogP contribution in [0.15, 0.2) is 24.3 Å². The van der Waals surface area contributed by atoms with Gasteiger partial charge in [-0.2, -0.15) is 0 Å². The highest BCUT2D eigenvalue weighted by atomic mass is 32.2. The quantitative estimate of drug-likeness (QED) is 0.740. The van der Waals surface area contributed by atoms with Crippen molar-refractivity contribution in [3.8, 4) is 11.5 Å². The van der Waals surface area contributed by atoms with Gasteiger partial charge in [-0.3, -0.25) is 4.79 Å². The van der Waals surface area contributed by atoms with Crippen molar-refractivity contribution in [2.45, 2.75) is 0 Å². The van der Waals surface area contributed by atoms with Crippen molar-refractivity contribution < 1.29 is 19.4 Å². The van der Waals surface area contributed by atoms with Gasteiger partial charge in [-0.25, -0.2) is 0 Å². The van der Waals surface area contributed by atoms with Crippen molar-refractivity contribution in [3.05, 3.63) is 24.3 Å². The molecule has 88 valence electrons. The first kappa shape index (κ1) is 12.7. The van der Waals surface area contributed by atoms with Gasteiger partial charge in [0.1, 0.15) is 11.5 Å². The van der Waals surface area contributed by atoms with Gasteiger partial charge in [-0.15, -0.1) is 11.8 Å². The molecule has 0 fully saturated rings. The number of hydrogen-bond donors (Lipinski definition) is 1. The average Bonchev–Trinajstić information content (AvgIpc) is 2.28. The molecule has 0 amide bonds. The Labute approximate surface area is 98.6 Å². The molecule has 0 aliphatic rings. The normalized spacial score (nSPS) is 9.81. The van der Waals surface area contributed by atoms with Gasteiger partial charge in [-0.1, -0.05) is 6.07 Å². The van der Waals surface area contributed by atoms with Crippen molar-refractivity contribution in [1.82, 2.24) is 0 Å². The van der Waals surface area contributed by atoms with E-state index >= 15 is 0 Å². The summed E-state index contributed by atoms with van der Waals surface area (Å²) in [6, 6.07) is 7.32. The van der Waals surface area contributed by atoms with Crippen molar-refractivity contribution >= 4 is 17.7 Å². The Morgan fingerprint density at radius 2 is 2.19 bits per heavy atom. The first-order valence-corrected chi connectivity index (χ1v) is 5.94. The summed E-state index contributed by atoms with van der Waals surface area (Å²) in [4.78, 5) is 10.2. The first-order chi connectivity index (χ1) is 7.72. The standard InChI is InChI=1S/C11H14O4S/c1-14-9-3-2-4-10(7-9)15-5-6-16-8-11(12)13/h2-4,7H,5-6,8H2,1H3,(H,12,13). The second-order valence-corrected chi connectivity index (χ2v) is 4.08. The molecule has 0 unspecified atom stereocenters. The van der Waals surface area contributed by atoms with E-state index in [1.165, 1.54) is 11.8 Å². The molecule has 0 spiro atoms. The molecule has 0 heterocycles. The highest BCUT2D eigenvalue weighted by Crippen LogP contribution is 2.18. The number of ether oxygens (including phenoxy) is 2. The van der Waals surface area contributed by atoms with E-state index in [2.05, 4.69) is 0 Å². The average molecular weight is 242 g/mol. The number of aliphatic carboxylic acids is 1. The van der Waals surface area contributed by atoms with Crippen LogP contribution in [0, 0.1) is 0 Å². The van der Waals surface area contributed by atoms with Crippen LogP contribution in [0.5, 0.6) is 11.5 Å². The van der Waals surface area contributed by atoms with Crippen molar-refractivity contribution in [3.63, 3.8) is 0 Å². The number of rotatable bonds is 7. The fourth-order valence-electron chi connectivity index (χ4n) is 1.07. The number of carbonyl (C=O) groups is 1. The van der Waals surface area contributed by atoms with Crippen molar-refractivity contribution in [1.29, 1.82) is 0 Å². The number of methoxy groups -OCH3 is 1. The molecular weight excluding hydrogens is 228 g/mol. The minimum atomic E-state index is -0.800. The second kappa shape index (κ2) is 7.00. The molecule has 0 atom stereocenters. The van der Waals surface area contributed by atoms with E-state index in [0.29, 0.717) is 12.4 Å². The van der Waals surface area contributed by atoms with Gasteiger partial charge < -0.3 is 14.6 Å². The molecule has 5 heteroatoms. The third kappa shape index (κ3) is 4.93. The number of thioether (sulfide) groups is 1. The first-order valence-electron chi connectivity index (χ1n) is 4.79. The summed E-state index contributed by atoms with van der Waals surface area (Å²) < 4.78 is 10.5. The fourth-order valence-corrected chi connectivity index (χ4v) is 1.59. The number of benzene rings is 1. The Bertz CT molecular complexity index is 341.